The smallest absolute Gasteiger partial charge is 0.353 e. The summed E-state index contributed by atoms with van der Waals surface area (Å²) in [4.78, 5) is 8.47. The standard InChI is InChI=1S/C18H23N4O3PS/c1-13-12-14-17(19-15-6-4-5-7-16(15)20-18(14)27-13)21-8-10-22(11-9-21)26(23,24-2)25-3/h4-7,12,20H,8-11H2,1-3H3. The second-order valence-electron chi connectivity index (χ2n) is 6.45. The molecule has 7 nitrogen and oxygen atoms in total. The summed E-state index contributed by atoms with van der Waals surface area (Å²) in [6, 6.07) is 10.3. The number of aryl methyl sites for hydroxylation is 1. The molecule has 0 aliphatic carbocycles. The Hall–Kier alpha value is -1.70. The zero-order valence-corrected chi connectivity index (χ0v) is 17.3. The SMILES string of the molecule is COP(=O)(OC)N1CCN(C2=Nc3ccccc3Nc3sc(C)cc32)CC1. The number of aliphatic imine (C=N–C) groups is 1. The molecule has 1 N–H and O–H groups in total. The number of rotatable bonds is 3. The Kier molecular flexibility index (Phi) is 5.09. The number of benzene rings is 1. The Morgan fingerprint density at radius 3 is 2.56 bits per heavy atom. The second-order valence-corrected chi connectivity index (χ2v) is 9.94. The first-order valence-electron chi connectivity index (χ1n) is 8.81. The lowest BCUT2D eigenvalue weighted by Crippen LogP contribution is -2.47. The van der Waals surface area contributed by atoms with E-state index in [-0.39, 0.29) is 0 Å². The van der Waals surface area contributed by atoms with Crippen LogP contribution in [0.1, 0.15) is 10.4 Å². The van der Waals surface area contributed by atoms with Gasteiger partial charge in [0.2, 0.25) is 0 Å². The van der Waals surface area contributed by atoms with Crippen molar-refractivity contribution >= 4 is 41.3 Å². The van der Waals surface area contributed by atoms with Crippen molar-refractivity contribution in [2.45, 2.75) is 6.92 Å². The number of hydrogen-bond donors (Lipinski definition) is 1. The van der Waals surface area contributed by atoms with Crippen LogP contribution in [0.25, 0.3) is 0 Å². The summed E-state index contributed by atoms with van der Waals surface area (Å²) in [5.74, 6) is 0.955. The number of piperazine rings is 1. The van der Waals surface area contributed by atoms with Crippen LogP contribution in [0.4, 0.5) is 16.4 Å². The molecule has 0 spiro atoms. The maximum Gasteiger partial charge on any atom is 0.407 e. The molecular weight excluding hydrogens is 383 g/mol. The zero-order chi connectivity index (χ0) is 19.0. The fraction of sp³-hybridized carbons (Fsp3) is 0.389. The second kappa shape index (κ2) is 7.37. The minimum atomic E-state index is -3.19. The average molecular weight is 406 g/mol. The van der Waals surface area contributed by atoms with E-state index in [0.717, 1.165) is 27.8 Å². The van der Waals surface area contributed by atoms with Crippen molar-refractivity contribution in [3.8, 4) is 0 Å². The molecule has 1 aromatic carbocycles. The molecule has 0 radical (unpaired) electrons. The summed E-state index contributed by atoms with van der Waals surface area (Å²) in [5.41, 5.74) is 3.05. The predicted molar refractivity (Wildman–Crippen MR) is 110 cm³/mol. The topological polar surface area (TPSA) is 66.4 Å². The largest absolute Gasteiger partial charge is 0.407 e. The maximum atomic E-state index is 12.6. The van der Waals surface area contributed by atoms with E-state index in [0.29, 0.717) is 26.2 Å². The number of fused-ring (bicyclic) bond motifs is 2. The van der Waals surface area contributed by atoms with Gasteiger partial charge < -0.3 is 10.2 Å². The van der Waals surface area contributed by atoms with Gasteiger partial charge in [0.05, 0.1) is 16.9 Å². The molecule has 1 fully saturated rings. The van der Waals surface area contributed by atoms with Gasteiger partial charge in [0, 0.05) is 45.3 Å². The number of thiophene rings is 1. The fourth-order valence-corrected chi connectivity index (χ4v) is 5.65. The van der Waals surface area contributed by atoms with E-state index in [9.17, 15) is 4.57 Å². The van der Waals surface area contributed by atoms with Gasteiger partial charge >= 0.3 is 7.75 Å². The highest BCUT2D eigenvalue weighted by molar-refractivity contribution is 7.51. The molecule has 27 heavy (non-hydrogen) atoms. The number of hydrogen-bond acceptors (Lipinski definition) is 7. The monoisotopic (exact) mass is 406 g/mol. The molecule has 4 rings (SSSR count). The lowest BCUT2D eigenvalue weighted by Gasteiger charge is -2.38. The lowest BCUT2D eigenvalue weighted by molar-refractivity contribution is 0.175. The number of amidine groups is 1. The normalized spacial score (nSPS) is 17.6. The summed E-state index contributed by atoms with van der Waals surface area (Å²) >= 11 is 1.73. The van der Waals surface area contributed by atoms with Crippen LogP contribution in [-0.2, 0) is 13.6 Å². The van der Waals surface area contributed by atoms with E-state index in [1.54, 1.807) is 16.0 Å². The minimum absolute atomic E-state index is 0.589. The van der Waals surface area contributed by atoms with Gasteiger partial charge in [0.25, 0.3) is 0 Å². The molecule has 3 heterocycles. The molecule has 2 aromatic rings. The summed E-state index contributed by atoms with van der Waals surface area (Å²) in [5, 5.41) is 4.64. The molecule has 1 aromatic heterocycles. The van der Waals surface area contributed by atoms with Crippen LogP contribution >= 0.6 is 19.1 Å². The van der Waals surface area contributed by atoms with Crippen LogP contribution in [0.15, 0.2) is 35.3 Å². The van der Waals surface area contributed by atoms with Crippen molar-refractivity contribution in [3.05, 3.63) is 40.8 Å². The molecule has 144 valence electrons. The van der Waals surface area contributed by atoms with Crippen molar-refractivity contribution in [2.75, 3.05) is 45.7 Å². The first kappa shape index (κ1) is 18.7. The molecule has 2 aliphatic rings. The van der Waals surface area contributed by atoms with E-state index in [2.05, 4.69) is 23.2 Å². The lowest BCUT2D eigenvalue weighted by atomic mass is 10.2. The quantitative estimate of drug-likeness (QED) is 0.771. The van der Waals surface area contributed by atoms with Crippen LogP contribution in [0.3, 0.4) is 0 Å². The van der Waals surface area contributed by atoms with E-state index >= 15 is 0 Å². The van der Waals surface area contributed by atoms with Crippen LogP contribution in [0.5, 0.6) is 0 Å². The van der Waals surface area contributed by atoms with Crippen LogP contribution in [0, 0.1) is 6.92 Å². The molecule has 2 aliphatic heterocycles. The molecule has 0 unspecified atom stereocenters. The molecule has 0 amide bonds. The highest BCUT2D eigenvalue weighted by Gasteiger charge is 2.35. The van der Waals surface area contributed by atoms with E-state index in [1.165, 1.54) is 19.1 Å². The van der Waals surface area contributed by atoms with Gasteiger partial charge in [-0.1, -0.05) is 12.1 Å². The molecular formula is C18H23N4O3PS. The molecule has 0 atom stereocenters. The van der Waals surface area contributed by atoms with Gasteiger partial charge in [-0.3, -0.25) is 9.05 Å². The minimum Gasteiger partial charge on any atom is -0.353 e. The number of nitrogens with zero attached hydrogens (tertiary/aromatic N) is 3. The van der Waals surface area contributed by atoms with Crippen molar-refractivity contribution < 1.29 is 13.6 Å². The van der Waals surface area contributed by atoms with E-state index in [4.69, 9.17) is 14.0 Å². The van der Waals surface area contributed by atoms with Crippen LogP contribution < -0.4 is 5.32 Å². The number of para-hydroxylation sites is 2. The van der Waals surface area contributed by atoms with Crippen molar-refractivity contribution in [1.82, 2.24) is 9.57 Å². The zero-order valence-electron chi connectivity index (χ0n) is 15.6. The number of anilines is 2. The summed E-state index contributed by atoms with van der Waals surface area (Å²) in [7, 11) is -0.339. The predicted octanol–water partition coefficient (Wildman–Crippen LogP) is 4.21. The third-order valence-corrected chi connectivity index (χ3v) is 7.82. The van der Waals surface area contributed by atoms with E-state index < -0.39 is 7.75 Å². The van der Waals surface area contributed by atoms with Crippen molar-refractivity contribution in [2.24, 2.45) is 4.99 Å². The van der Waals surface area contributed by atoms with Crippen LogP contribution in [-0.4, -0.2) is 55.8 Å². The molecule has 1 saturated heterocycles. The molecule has 9 heteroatoms. The third kappa shape index (κ3) is 3.44. The highest BCUT2D eigenvalue weighted by atomic mass is 32.1. The van der Waals surface area contributed by atoms with Gasteiger partial charge in [0.15, 0.2) is 0 Å². The van der Waals surface area contributed by atoms with Gasteiger partial charge in [0.1, 0.15) is 10.8 Å². The average Bonchev–Trinajstić information content (AvgIpc) is 2.99. The first-order chi connectivity index (χ1) is 13.0. The first-order valence-corrected chi connectivity index (χ1v) is 11.1. The van der Waals surface area contributed by atoms with E-state index in [1.807, 2.05) is 24.3 Å². The molecule has 0 bridgehead atoms. The summed E-state index contributed by atoms with van der Waals surface area (Å²) in [6.45, 7) is 4.69. The number of nitrogens with one attached hydrogen (secondary N) is 1. The Balaban J connectivity index is 1.65. The highest BCUT2D eigenvalue weighted by Crippen LogP contribution is 2.50. The summed E-state index contributed by atoms with van der Waals surface area (Å²) < 4.78 is 24.7. The van der Waals surface area contributed by atoms with Gasteiger partial charge in [-0.2, -0.15) is 0 Å². The Morgan fingerprint density at radius 2 is 1.85 bits per heavy atom. The Morgan fingerprint density at radius 1 is 1.15 bits per heavy atom. The van der Waals surface area contributed by atoms with Crippen LogP contribution in [0.2, 0.25) is 0 Å². The fourth-order valence-electron chi connectivity index (χ4n) is 3.45. The third-order valence-electron chi connectivity index (χ3n) is 4.84. The Bertz CT molecular complexity index is 913. The van der Waals surface area contributed by atoms with Crippen molar-refractivity contribution in [1.29, 1.82) is 0 Å². The summed E-state index contributed by atoms with van der Waals surface area (Å²) in [6.07, 6.45) is 0. The van der Waals surface area contributed by atoms with Crippen molar-refractivity contribution in [3.63, 3.8) is 0 Å². The molecule has 0 saturated carbocycles. The van der Waals surface area contributed by atoms with Gasteiger partial charge in [-0.15, -0.1) is 11.3 Å². The maximum absolute atomic E-state index is 12.6. The Labute approximate surface area is 163 Å². The van der Waals surface area contributed by atoms with Gasteiger partial charge in [-0.05, 0) is 25.1 Å². The van der Waals surface area contributed by atoms with Gasteiger partial charge in [-0.25, -0.2) is 14.2 Å².